The lowest BCUT2D eigenvalue weighted by molar-refractivity contribution is -0.115. The Balaban J connectivity index is 1.48. The fourth-order valence-corrected chi connectivity index (χ4v) is 3.89. The van der Waals surface area contributed by atoms with Gasteiger partial charge in [0.05, 0.1) is 10.6 Å². The smallest absolute Gasteiger partial charge is 0.264 e. The standard InChI is InChI=1S/C20H15N3O2S2/c1-13-5-7-14(8-6-13)22-20-23-19(24)16(26-20)12-15-9-10-18(25-15)27-17-4-2-3-11-21-17/h2-12H,1H3,(H,22,23,24)/b16-12-. The summed E-state index contributed by atoms with van der Waals surface area (Å²) in [5, 5.41) is 4.92. The fraction of sp³-hybridized carbons (Fsp3) is 0.0500. The molecule has 1 amide bonds. The second-order valence-electron chi connectivity index (χ2n) is 5.74. The van der Waals surface area contributed by atoms with Crippen molar-refractivity contribution >= 4 is 46.4 Å². The summed E-state index contributed by atoms with van der Waals surface area (Å²) in [5.41, 5.74) is 1.97. The number of furan rings is 1. The monoisotopic (exact) mass is 393 g/mol. The minimum absolute atomic E-state index is 0.179. The highest BCUT2D eigenvalue weighted by molar-refractivity contribution is 8.18. The van der Waals surface area contributed by atoms with Crippen molar-refractivity contribution in [2.45, 2.75) is 17.0 Å². The number of rotatable bonds is 4. The first kappa shape index (κ1) is 17.6. The second-order valence-corrected chi connectivity index (χ2v) is 7.80. The Morgan fingerprint density at radius 3 is 2.78 bits per heavy atom. The number of nitrogens with one attached hydrogen (secondary N) is 1. The summed E-state index contributed by atoms with van der Waals surface area (Å²) in [6.45, 7) is 2.02. The van der Waals surface area contributed by atoms with Crippen LogP contribution in [0, 0.1) is 6.92 Å². The molecule has 134 valence electrons. The van der Waals surface area contributed by atoms with Crippen molar-refractivity contribution in [3.05, 3.63) is 77.0 Å². The summed E-state index contributed by atoms with van der Waals surface area (Å²) in [6.07, 6.45) is 3.46. The molecule has 5 nitrogen and oxygen atoms in total. The largest absolute Gasteiger partial charge is 0.450 e. The Labute approximate surface area is 165 Å². The van der Waals surface area contributed by atoms with Gasteiger partial charge in [-0.15, -0.1) is 0 Å². The van der Waals surface area contributed by atoms with Crippen LogP contribution in [0.1, 0.15) is 11.3 Å². The van der Waals surface area contributed by atoms with Gasteiger partial charge in [0.2, 0.25) is 0 Å². The molecule has 27 heavy (non-hydrogen) atoms. The maximum atomic E-state index is 12.2. The number of thioether (sulfide) groups is 1. The van der Waals surface area contributed by atoms with E-state index in [-0.39, 0.29) is 5.91 Å². The number of carbonyl (C=O) groups excluding carboxylic acids is 1. The van der Waals surface area contributed by atoms with Crippen LogP contribution in [-0.2, 0) is 4.79 Å². The Hall–Kier alpha value is -2.77. The number of nitrogens with zero attached hydrogens (tertiary/aromatic N) is 2. The van der Waals surface area contributed by atoms with E-state index in [9.17, 15) is 4.79 Å². The number of aryl methyl sites for hydroxylation is 1. The van der Waals surface area contributed by atoms with Gasteiger partial charge in [0.25, 0.3) is 5.91 Å². The van der Waals surface area contributed by atoms with Gasteiger partial charge in [-0.3, -0.25) is 4.79 Å². The van der Waals surface area contributed by atoms with Crippen molar-refractivity contribution in [2.75, 3.05) is 0 Å². The van der Waals surface area contributed by atoms with Crippen molar-refractivity contribution in [3.8, 4) is 0 Å². The molecule has 0 aliphatic carbocycles. The van der Waals surface area contributed by atoms with Crippen LogP contribution in [0.4, 0.5) is 5.69 Å². The van der Waals surface area contributed by atoms with Gasteiger partial charge in [0.15, 0.2) is 10.3 Å². The summed E-state index contributed by atoms with van der Waals surface area (Å²) in [4.78, 5) is 21.5. The zero-order valence-corrected chi connectivity index (χ0v) is 16.0. The zero-order chi connectivity index (χ0) is 18.6. The minimum atomic E-state index is -0.179. The molecule has 0 unspecified atom stereocenters. The zero-order valence-electron chi connectivity index (χ0n) is 14.4. The number of aromatic nitrogens is 1. The molecule has 1 fully saturated rings. The molecular formula is C20H15N3O2S2. The van der Waals surface area contributed by atoms with Gasteiger partial charge in [0.1, 0.15) is 10.8 Å². The summed E-state index contributed by atoms with van der Waals surface area (Å²) < 4.78 is 5.78. The fourth-order valence-electron chi connectivity index (χ4n) is 2.32. The molecule has 7 heteroatoms. The van der Waals surface area contributed by atoms with E-state index in [0.717, 1.165) is 15.8 Å². The highest BCUT2D eigenvalue weighted by Gasteiger charge is 2.24. The highest BCUT2D eigenvalue weighted by Crippen LogP contribution is 2.31. The van der Waals surface area contributed by atoms with Crippen molar-refractivity contribution in [1.29, 1.82) is 0 Å². The molecule has 0 atom stereocenters. The SMILES string of the molecule is Cc1ccc(N=C2NC(=O)/C(=C/c3ccc(Sc4ccccn4)o3)S2)cc1. The minimum Gasteiger partial charge on any atom is -0.450 e. The number of pyridine rings is 1. The van der Waals surface area contributed by atoms with Crippen LogP contribution in [0.25, 0.3) is 6.08 Å². The second kappa shape index (κ2) is 7.85. The lowest BCUT2D eigenvalue weighted by Gasteiger charge is -1.96. The number of amides is 1. The van der Waals surface area contributed by atoms with Gasteiger partial charge in [-0.05, 0) is 66.8 Å². The predicted molar refractivity (Wildman–Crippen MR) is 109 cm³/mol. The van der Waals surface area contributed by atoms with E-state index < -0.39 is 0 Å². The number of aliphatic imine (C=N–C) groups is 1. The van der Waals surface area contributed by atoms with Crippen molar-refractivity contribution in [3.63, 3.8) is 0 Å². The van der Waals surface area contributed by atoms with E-state index in [4.69, 9.17) is 4.42 Å². The van der Waals surface area contributed by atoms with E-state index in [2.05, 4.69) is 15.3 Å². The molecule has 0 radical (unpaired) electrons. The van der Waals surface area contributed by atoms with Crippen LogP contribution >= 0.6 is 23.5 Å². The maximum Gasteiger partial charge on any atom is 0.264 e. The van der Waals surface area contributed by atoms with E-state index in [1.165, 1.54) is 29.1 Å². The first-order chi connectivity index (χ1) is 13.2. The molecule has 1 saturated heterocycles. The van der Waals surface area contributed by atoms with E-state index in [1.807, 2.05) is 61.5 Å². The average molecular weight is 393 g/mol. The molecule has 1 aliphatic heterocycles. The molecule has 3 aromatic rings. The quantitative estimate of drug-likeness (QED) is 0.630. The molecule has 4 rings (SSSR count). The Kier molecular flexibility index (Phi) is 5.13. The molecule has 0 saturated carbocycles. The number of hydrogen-bond donors (Lipinski definition) is 1. The molecule has 1 N–H and O–H groups in total. The summed E-state index contributed by atoms with van der Waals surface area (Å²) in [7, 11) is 0. The van der Waals surface area contributed by atoms with Crippen LogP contribution in [0.3, 0.4) is 0 Å². The molecule has 0 spiro atoms. The normalized spacial score (nSPS) is 16.9. The lowest BCUT2D eigenvalue weighted by atomic mass is 10.2. The summed E-state index contributed by atoms with van der Waals surface area (Å²) >= 11 is 2.73. The Bertz CT molecular complexity index is 1020. The first-order valence-electron chi connectivity index (χ1n) is 8.21. The number of benzene rings is 1. The molecule has 2 aromatic heterocycles. The lowest BCUT2D eigenvalue weighted by Crippen LogP contribution is -2.19. The highest BCUT2D eigenvalue weighted by atomic mass is 32.2. The number of carbonyl (C=O) groups is 1. The van der Waals surface area contributed by atoms with Crippen molar-refractivity contribution in [2.24, 2.45) is 4.99 Å². The third kappa shape index (κ3) is 4.50. The van der Waals surface area contributed by atoms with Crippen LogP contribution < -0.4 is 5.32 Å². The molecule has 1 aliphatic rings. The predicted octanol–water partition coefficient (Wildman–Crippen LogP) is 5.03. The third-order valence-electron chi connectivity index (χ3n) is 3.63. The van der Waals surface area contributed by atoms with Crippen LogP contribution in [-0.4, -0.2) is 16.1 Å². The van der Waals surface area contributed by atoms with Crippen molar-refractivity contribution in [1.82, 2.24) is 10.3 Å². The van der Waals surface area contributed by atoms with Gasteiger partial charge in [-0.2, -0.15) is 0 Å². The molecule has 0 bridgehead atoms. The van der Waals surface area contributed by atoms with Crippen LogP contribution in [0.2, 0.25) is 0 Å². The maximum absolute atomic E-state index is 12.2. The Morgan fingerprint density at radius 1 is 1.15 bits per heavy atom. The van der Waals surface area contributed by atoms with E-state index in [0.29, 0.717) is 15.8 Å². The van der Waals surface area contributed by atoms with Gasteiger partial charge >= 0.3 is 0 Å². The van der Waals surface area contributed by atoms with Gasteiger partial charge in [0, 0.05) is 12.3 Å². The topological polar surface area (TPSA) is 67.5 Å². The van der Waals surface area contributed by atoms with Gasteiger partial charge in [-0.1, -0.05) is 23.8 Å². The molecule has 3 heterocycles. The number of amidine groups is 1. The summed E-state index contributed by atoms with van der Waals surface area (Å²) in [6, 6.07) is 17.2. The van der Waals surface area contributed by atoms with Gasteiger partial charge in [-0.25, -0.2) is 9.98 Å². The van der Waals surface area contributed by atoms with E-state index >= 15 is 0 Å². The van der Waals surface area contributed by atoms with Crippen molar-refractivity contribution < 1.29 is 9.21 Å². The van der Waals surface area contributed by atoms with Crippen LogP contribution in [0.5, 0.6) is 0 Å². The molecule has 1 aromatic carbocycles. The van der Waals surface area contributed by atoms with Crippen LogP contribution in [0.15, 0.2) is 85.2 Å². The first-order valence-corrected chi connectivity index (χ1v) is 9.84. The average Bonchev–Trinajstić information content (AvgIpc) is 3.24. The molecular weight excluding hydrogens is 378 g/mol. The third-order valence-corrected chi connectivity index (χ3v) is 5.41. The Morgan fingerprint density at radius 2 is 2.00 bits per heavy atom. The van der Waals surface area contributed by atoms with Gasteiger partial charge < -0.3 is 9.73 Å². The number of hydrogen-bond acceptors (Lipinski definition) is 6. The summed E-state index contributed by atoms with van der Waals surface area (Å²) in [5.74, 6) is 0.434. The van der Waals surface area contributed by atoms with E-state index in [1.54, 1.807) is 12.3 Å².